The molecule has 4 nitrogen and oxygen atoms in total. The van der Waals surface area contributed by atoms with Crippen molar-refractivity contribution in [1.82, 2.24) is 5.32 Å². The first-order valence-electron chi connectivity index (χ1n) is 7.61. The smallest absolute Gasteiger partial charge is 0.325 e. The van der Waals surface area contributed by atoms with Crippen LogP contribution in [0.15, 0.2) is 24.3 Å². The molecule has 0 fully saturated rings. The van der Waals surface area contributed by atoms with E-state index in [1.807, 2.05) is 12.1 Å². The van der Waals surface area contributed by atoms with Crippen molar-refractivity contribution in [3.05, 3.63) is 35.4 Å². The topological polar surface area (TPSA) is 55.4 Å². The number of amides is 1. The lowest BCUT2D eigenvalue weighted by atomic mass is 10.0. The molecule has 0 saturated heterocycles. The Balaban J connectivity index is 2.35. The van der Waals surface area contributed by atoms with Gasteiger partial charge in [0.1, 0.15) is 6.54 Å². The Bertz CT molecular complexity index is 440. The Hall–Kier alpha value is -1.84. The van der Waals surface area contributed by atoms with Gasteiger partial charge in [0, 0.05) is 5.56 Å². The van der Waals surface area contributed by atoms with Gasteiger partial charge in [0.2, 0.25) is 0 Å². The van der Waals surface area contributed by atoms with E-state index >= 15 is 0 Å². The molecule has 0 aromatic heterocycles. The van der Waals surface area contributed by atoms with Crippen LogP contribution in [0.1, 0.15) is 54.9 Å². The molecule has 0 aliphatic heterocycles. The number of rotatable bonds is 9. The summed E-state index contributed by atoms with van der Waals surface area (Å²) in [4.78, 5) is 22.7. The Morgan fingerprint density at radius 3 is 2.33 bits per heavy atom. The average molecular weight is 291 g/mol. The molecule has 116 valence electrons. The maximum Gasteiger partial charge on any atom is 0.325 e. The molecule has 1 rings (SSSR count). The van der Waals surface area contributed by atoms with Crippen molar-refractivity contribution in [2.75, 3.05) is 13.7 Å². The van der Waals surface area contributed by atoms with Crippen LogP contribution in [0.25, 0.3) is 0 Å². The lowest BCUT2D eigenvalue weighted by molar-refractivity contribution is -0.139. The molecule has 21 heavy (non-hydrogen) atoms. The normalized spacial score (nSPS) is 10.2. The summed E-state index contributed by atoms with van der Waals surface area (Å²) < 4.78 is 4.47. The van der Waals surface area contributed by atoms with Gasteiger partial charge in [0.05, 0.1) is 7.11 Å². The number of methoxy groups -OCH3 is 1. The van der Waals surface area contributed by atoms with Gasteiger partial charge in [-0.2, -0.15) is 0 Å². The van der Waals surface area contributed by atoms with Gasteiger partial charge in [0.25, 0.3) is 5.91 Å². The van der Waals surface area contributed by atoms with E-state index in [1.165, 1.54) is 44.8 Å². The molecule has 4 heteroatoms. The van der Waals surface area contributed by atoms with E-state index in [0.29, 0.717) is 5.56 Å². The highest BCUT2D eigenvalue weighted by atomic mass is 16.5. The van der Waals surface area contributed by atoms with Crippen molar-refractivity contribution < 1.29 is 14.3 Å². The van der Waals surface area contributed by atoms with E-state index in [4.69, 9.17) is 0 Å². The van der Waals surface area contributed by atoms with Crippen molar-refractivity contribution in [1.29, 1.82) is 0 Å². The standard InChI is InChI=1S/C17H25NO3/c1-3-4-5-6-7-8-14-9-11-15(12-10-14)17(20)18-13-16(19)21-2/h9-12H,3-8,13H2,1-2H3,(H,18,20). The number of hydrogen-bond acceptors (Lipinski definition) is 3. The molecule has 0 atom stereocenters. The lowest BCUT2D eigenvalue weighted by Gasteiger charge is -2.05. The van der Waals surface area contributed by atoms with Crippen LogP contribution >= 0.6 is 0 Å². The fraction of sp³-hybridized carbons (Fsp3) is 0.529. The third-order valence-corrected chi connectivity index (χ3v) is 3.41. The third kappa shape index (κ3) is 6.93. The summed E-state index contributed by atoms with van der Waals surface area (Å²) in [6.45, 7) is 2.11. The van der Waals surface area contributed by atoms with E-state index in [1.54, 1.807) is 12.1 Å². The highest BCUT2D eigenvalue weighted by molar-refractivity contribution is 5.95. The zero-order chi connectivity index (χ0) is 15.5. The van der Waals surface area contributed by atoms with E-state index < -0.39 is 5.97 Å². The van der Waals surface area contributed by atoms with Crippen LogP contribution in [0.4, 0.5) is 0 Å². The van der Waals surface area contributed by atoms with Crippen LogP contribution in [0.2, 0.25) is 0 Å². The maximum atomic E-state index is 11.8. The lowest BCUT2D eigenvalue weighted by Crippen LogP contribution is -2.30. The molecule has 1 amide bonds. The predicted molar refractivity (Wildman–Crippen MR) is 83.3 cm³/mol. The molecule has 1 aromatic rings. The third-order valence-electron chi connectivity index (χ3n) is 3.41. The molecular weight excluding hydrogens is 266 g/mol. The number of carbonyl (C=O) groups is 2. The number of carbonyl (C=O) groups excluding carboxylic acids is 2. The number of unbranched alkanes of at least 4 members (excludes halogenated alkanes) is 4. The molecule has 1 aromatic carbocycles. The summed E-state index contributed by atoms with van der Waals surface area (Å²) in [6.07, 6.45) is 7.36. The minimum atomic E-state index is -0.452. The number of esters is 1. The summed E-state index contributed by atoms with van der Waals surface area (Å²) in [5.74, 6) is -0.707. The fourth-order valence-electron chi connectivity index (χ4n) is 2.08. The zero-order valence-corrected chi connectivity index (χ0v) is 13.0. The quantitative estimate of drug-likeness (QED) is 0.562. The minimum Gasteiger partial charge on any atom is -0.468 e. The molecule has 0 bridgehead atoms. The monoisotopic (exact) mass is 291 g/mol. The van der Waals surface area contributed by atoms with Crippen molar-refractivity contribution >= 4 is 11.9 Å². The summed E-state index contributed by atoms with van der Waals surface area (Å²) in [6, 6.07) is 7.56. The van der Waals surface area contributed by atoms with Gasteiger partial charge in [0.15, 0.2) is 0 Å². The van der Waals surface area contributed by atoms with Gasteiger partial charge in [-0.15, -0.1) is 0 Å². The largest absolute Gasteiger partial charge is 0.468 e. The highest BCUT2D eigenvalue weighted by Crippen LogP contribution is 2.10. The number of hydrogen-bond donors (Lipinski definition) is 1. The predicted octanol–water partition coefficient (Wildman–Crippen LogP) is 3.10. The zero-order valence-electron chi connectivity index (χ0n) is 13.0. The van der Waals surface area contributed by atoms with E-state index in [9.17, 15) is 9.59 Å². The number of ether oxygens (including phenoxy) is 1. The highest BCUT2D eigenvalue weighted by Gasteiger charge is 2.07. The second-order valence-corrected chi connectivity index (χ2v) is 5.12. The molecule has 0 unspecified atom stereocenters. The number of aryl methyl sites for hydroxylation is 1. The van der Waals surface area contributed by atoms with Crippen LogP contribution in [-0.4, -0.2) is 25.5 Å². The van der Waals surface area contributed by atoms with Gasteiger partial charge in [-0.1, -0.05) is 44.7 Å². The number of benzene rings is 1. The Kier molecular flexibility index (Phi) is 8.17. The first kappa shape index (κ1) is 17.2. The SMILES string of the molecule is CCCCCCCc1ccc(C(=O)NCC(=O)OC)cc1. The Labute approximate surface area is 126 Å². The minimum absolute atomic E-state index is 0.103. The van der Waals surface area contributed by atoms with Crippen LogP contribution in [0.5, 0.6) is 0 Å². The molecule has 0 saturated carbocycles. The van der Waals surface area contributed by atoms with Gasteiger partial charge in [-0.25, -0.2) is 0 Å². The van der Waals surface area contributed by atoms with Crippen LogP contribution in [-0.2, 0) is 16.0 Å². The van der Waals surface area contributed by atoms with Crippen molar-refractivity contribution in [3.8, 4) is 0 Å². The summed E-state index contributed by atoms with van der Waals surface area (Å²) >= 11 is 0. The molecule has 0 radical (unpaired) electrons. The average Bonchev–Trinajstić information content (AvgIpc) is 2.52. The summed E-state index contributed by atoms with van der Waals surface area (Å²) in [5, 5.41) is 2.52. The second kappa shape index (κ2) is 9.97. The molecule has 1 N–H and O–H groups in total. The van der Waals surface area contributed by atoms with Crippen LogP contribution in [0, 0.1) is 0 Å². The van der Waals surface area contributed by atoms with Crippen molar-refractivity contribution in [3.63, 3.8) is 0 Å². The van der Waals surface area contributed by atoms with Crippen molar-refractivity contribution in [2.24, 2.45) is 0 Å². The molecular formula is C17H25NO3. The molecule has 0 aliphatic rings. The van der Waals surface area contributed by atoms with Gasteiger partial charge >= 0.3 is 5.97 Å². The number of nitrogens with one attached hydrogen (secondary N) is 1. The Morgan fingerprint density at radius 1 is 1.05 bits per heavy atom. The molecule has 0 spiro atoms. The van der Waals surface area contributed by atoms with Gasteiger partial charge in [-0.3, -0.25) is 9.59 Å². The second-order valence-electron chi connectivity index (χ2n) is 5.12. The summed E-state index contributed by atoms with van der Waals surface area (Å²) in [7, 11) is 1.30. The summed E-state index contributed by atoms with van der Waals surface area (Å²) in [5.41, 5.74) is 1.81. The first-order valence-corrected chi connectivity index (χ1v) is 7.61. The van der Waals surface area contributed by atoms with E-state index in [2.05, 4.69) is 17.0 Å². The van der Waals surface area contributed by atoms with Gasteiger partial charge < -0.3 is 10.1 Å². The first-order chi connectivity index (χ1) is 10.2. The van der Waals surface area contributed by atoms with Crippen LogP contribution in [0.3, 0.4) is 0 Å². The van der Waals surface area contributed by atoms with E-state index in [-0.39, 0.29) is 12.5 Å². The molecule has 0 heterocycles. The maximum absolute atomic E-state index is 11.8. The van der Waals surface area contributed by atoms with Crippen LogP contribution < -0.4 is 5.32 Å². The van der Waals surface area contributed by atoms with Gasteiger partial charge in [-0.05, 0) is 30.5 Å². The van der Waals surface area contributed by atoms with Crippen molar-refractivity contribution in [2.45, 2.75) is 45.4 Å². The Morgan fingerprint density at radius 2 is 1.71 bits per heavy atom. The molecule has 0 aliphatic carbocycles. The van der Waals surface area contributed by atoms with E-state index in [0.717, 1.165) is 6.42 Å². The fourth-order valence-corrected chi connectivity index (χ4v) is 2.08.